The van der Waals surface area contributed by atoms with Crippen LogP contribution in [-0.4, -0.2) is 0 Å². The lowest BCUT2D eigenvalue weighted by Crippen LogP contribution is -2.32. The van der Waals surface area contributed by atoms with Gasteiger partial charge in [0, 0.05) is 104 Å². The zero-order valence-corrected chi connectivity index (χ0v) is 58.8. The van der Waals surface area contributed by atoms with E-state index >= 15 is 0 Å². The third-order valence-electron chi connectivity index (χ3n) is 17.1. The Kier molecular flexibility index (Phi) is 24.9. The maximum Gasteiger partial charge on any atom is 0.215 e. The fourth-order valence-electron chi connectivity index (χ4n) is 11.8. The van der Waals surface area contributed by atoms with Gasteiger partial charge in [0.15, 0.2) is 37.2 Å². The van der Waals surface area contributed by atoms with Crippen LogP contribution in [0.2, 0.25) is 0 Å². The van der Waals surface area contributed by atoms with Crippen molar-refractivity contribution in [3.05, 3.63) is 321 Å². The van der Waals surface area contributed by atoms with Crippen LogP contribution in [0.1, 0.15) is 77.9 Å². The van der Waals surface area contributed by atoms with Gasteiger partial charge in [-0.3, -0.25) is 0 Å². The maximum atomic E-state index is 2.26. The highest BCUT2D eigenvalue weighted by molar-refractivity contribution is 5.66. The molecule has 12 aromatic rings. The maximum absolute atomic E-state index is 2.26. The molecule has 0 aliphatic rings. The molecular formula is C86H100N6+6. The normalized spacial score (nSPS) is 10.4. The first-order valence-corrected chi connectivity index (χ1v) is 32.1. The van der Waals surface area contributed by atoms with E-state index in [2.05, 4.69) is 410 Å². The van der Waals surface area contributed by atoms with Crippen molar-refractivity contribution in [1.29, 1.82) is 0 Å². The molecule has 6 heterocycles. The molecule has 0 aliphatic carbocycles. The average Bonchev–Trinajstić information content (AvgIpc) is 0.921. The monoisotopic (exact) mass is 1220 g/mol. The van der Waals surface area contributed by atoms with Crippen molar-refractivity contribution >= 4 is 0 Å². The Hall–Kier alpha value is -9.78. The molecule has 92 heavy (non-hydrogen) atoms. The van der Waals surface area contributed by atoms with Gasteiger partial charge in [-0.05, 0) is 202 Å². The second-order valence-corrected chi connectivity index (χ2v) is 24.9. The van der Waals surface area contributed by atoms with Crippen LogP contribution in [0, 0.1) is 96.9 Å². The van der Waals surface area contributed by atoms with E-state index in [0.29, 0.717) is 0 Å². The molecule has 0 bridgehead atoms. The summed E-state index contributed by atoms with van der Waals surface area (Å²) in [6.45, 7) is 30.1. The zero-order chi connectivity index (χ0) is 66.8. The first-order chi connectivity index (χ1) is 43.9. The van der Waals surface area contributed by atoms with E-state index in [1.165, 1.54) is 145 Å². The average molecular weight is 1220 g/mol. The van der Waals surface area contributed by atoms with Gasteiger partial charge in [0.05, 0.1) is 0 Å². The molecule has 0 aliphatic heterocycles. The van der Waals surface area contributed by atoms with Crippen molar-refractivity contribution in [2.75, 3.05) is 0 Å². The van der Waals surface area contributed by atoms with Crippen molar-refractivity contribution in [2.24, 2.45) is 42.3 Å². The lowest BCUT2D eigenvalue weighted by molar-refractivity contribution is -0.661. The van der Waals surface area contributed by atoms with Gasteiger partial charge in [0.1, 0.15) is 42.3 Å². The molecule has 0 atom stereocenters. The fourth-order valence-corrected chi connectivity index (χ4v) is 11.8. The lowest BCUT2D eigenvalue weighted by Gasteiger charge is -2.07. The molecule has 6 nitrogen and oxygen atoms in total. The van der Waals surface area contributed by atoms with Crippen LogP contribution in [0.25, 0.3) is 67.5 Å². The van der Waals surface area contributed by atoms with E-state index in [1.807, 2.05) is 0 Å². The van der Waals surface area contributed by atoms with Gasteiger partial charge < -0.3 is 0 Å². The Morgan fingerprint density at radius 3 is 0.902 bits per heavy atom. The molecule has 12 rings (SSSR count). The third kappa shape index (κ3) is 18.4. The summed E-state index contributed by atoms with van der Waals surface area (Å²) in [5.74, 6) is 0. The second-order valence-electron chi connectivity index (χ2n) is 24.9. The van der Waals surface area contributed by atoms with E-state index in [4.69, 9.17) is 0 Å². The molecule has 0 N–H and O–H groups in total. The first kappa shape index (κ1) is 69.7. The Balaban J connectivity index is 0.000000157. The summed E-state index contributed by atoms with van der Waals surface area (Å²) in [4.78, 5) is 0. The summed E-state index contributed by atoms with van der Waals surface area (Å²) in [6, 6.07) is 72.8. The highest BCUT2D eigenvalue weighted by Crippen LogP contribution is 2.27. The molecule has 0 saturated carbocycles. The number of benzene rings is 6. The second kappa shape index (κ2) is 32.8. The van der Waals surface area contributed by atoms with E-state index in [0.717, 1.165) is 0 Å². The smallest absolute Gasteiger partial charge is 0.201 e. The Morgan fingerprint density at radius 2 is 0.522 bits per heavy atom. The highest BCUT2D eigenvalue weighted by atomic mass is 14.9. The molecule has 468 valence electrons. The molecule has 0 radical (unpaired) electrons. The fraction of sp³-hybridized carbons (Fsp3) is 0.233. The standard InChI is InChI=1S/2C15H18N.4C14H16N/c1-11-9-13(3)15(16(4)10-11)14-8-6-5-7-12(14)2;1-11-7-5-6-8-14(11)15-9-12(2)13(3)10-16(15)4;1-11-7-4-5-9-13(11)14-12(2)8-6-10-15(14)3;2*1-11-8-9-15(3)14(10-11)13-7-5-4-6-12(13)2;1-11-8-9-14(15(3)10-11)13-7-5-4-6-12(13)2/h2*5-10H,1-4H3;4*4-10H,1-3H3/q6*+1. The minimum Gasteiger partial charge on any atom is -0.201 e. The summed E-state index contributed by atoms with van der Waals surface area (Å²) in [5.41, 5.74) is 34.0. The zero-order valence-electron chi connectivity index (χ0n) is 58.8. The molecule has 6 aromatic heterocycles. The van der Waals surface area contributed by atoms with Gasteiger partial charge in [-0.25, -0.2) is 27.4 Å². The molecular weight excluding hydrogens is 1120 g/mol. The Morgan fingerprint density at radius 1 is 0.185 bits per heavy atom. The molecule has 0 fully saturated rings. The largest absolute Gasteiger partial charge is 0.215 e. The van der Waals surface area contributed by atoms with Crippen LogP contribution in [0.5, 0.6) is 0 Å². The third-order valence-corrected chi connectivity index (χ3v) is 17.1. The van der Waals surface area contributed by atoms with Crippen LogP contribution in [0.3, 0.4) is 0 Å². The van der Waals surface area contributed by atoms with Gasteiger partial charge in [-0.15, -0.1) is 0 Å². The van der Waals surface area contributed by atoms with Crippen molar-refractivity contribution in [3.63, 3.8) is 0 Å². The lowest BCUT2D eigenvalue weighted by atomic mass is 10.0. The SMILES string of the molecule is Cc1cc(-c2ccccc2C)[n+](C)cc1C.Cc1cc(C)c(-c2ccccc2C)[n+](C)c1.Cc1cc[n+](C)c(-c2ccccc2C)c1.Cc1cc[n+](C)c(-c2ccccc2C)c1.Cc1ccc(-c2ccccc2C)[n+](C)c1.Cc1ccccc1-c1c(C)ccc[n+]1C. The van der Waals surface area contributed by atoms with Crippen LogP contribution < -0.4 is 27.4 Å². The van der Waals surface area contributed by atoms with E-state index < -0.39 is 0 Å². The summed E-state index contributed by atoms with van der Waals surface area (Å²) in [5, 5.41) is 0. The van der Waals surface area contributed by atoms with Crippen LogP contribution in [-0.2, 0) is 42.3 Å². The summed E-state index contributed by atoms with van der Waals surface area (Å²) in [7, 11) is 12.6. The van der Waals surface area contributed by atoms with Crippen LogP contribution in [0.15, 0.2) is 243 Å². The topological polar surface area (TPSA) is 23.3 Å². The van der Waals surface area contributed by atoms with Gasteiger partial charge >= 0.3 is 0 Å². The summed E-state index contributed by atoms with van der Waals surface area (Å²) in [6.07, 6.45) is 12.8. The molecule has 0 spiro atoms. The van der Waals surface area contributed by atoms with Gasteiger partial charge in [0.2, 0.25) is 34.2 Å². The van der Waals surface area contributed by atoms with Crippen molar-refractivity contribution in [3.8, 4) is 67.5 Å². The molecule has 6 aromatic carbocycles. The van der Waals surface area contributed by atoms with Crippen molar-refractivity contribution in [1.82, 2.24) is 0 Å². The molecule has 0 unspecified atom stereocenters. The number of pyridine rings is 6. The number of aryl methyl sites for hydroxylation is 20. The van der Waals surface area contributed by atoms with Crippen LogP contribution in [0.4, 0.5) is 0 Å². The quantitative estimate of drug-likeness (QED) is 0.148. The van der Waals surface area contributed by atoms with Crippen LogP contribution >= 0.6 is 0 Å². The summed E-state index contributed by atoms with van der Waals surface area (Å²) < 4.78 is 13.1. The van der Waals surface area contributed by atoms with Gasteiger partial charge in [-0.2, -0.15) is 0 Å². The molecule has 0 saturated heterocycles. The Bertz CT molecular complexity index is 4340. The van der Waals surface area contributed by atoms with E-state index in [9.17, 15) is 0 Å². The minimum absolute atomic E-state index is 1.26. The first-order valence-electron chi connectivity index (χ1n) is 32.1. The predicted octanol–water partition coefficient (Wildman–Crippen LogP) is 17.4. The number of hydrogen-bond acceptors (Lipinski definition) is 0. The molecule has 6 heteroatoms. The van der Waals surface area contributed by atoms with Crippen molar-refractivity contribution in [2.45, 2.75) is 96.9 Å². The minimum atomic E-state index is 1.26. The van der Waals surface area contributed by atoms with E-state index in [1.54, 1.807) is 0 Å². The number of hydrogen-bond donors (Lipinski definition) is 0. The number of rotatable bonds is 6. The predicted molar refractivity (Wildman–Crippen MR) is 385 cm³/mol. The van der Waals surface area contributed by atoms with Gasteiger partial charge in [0.25, 0.3) is 0 Å². The van der Waals surface area contributed by atoms with Crippen molar-refractivity contribution < 1.29 is 27.4 Å². The summed E-state index contributed by atoms with van der Waals surface area (Å²) >= 11 is 0. The molecule has 0 amide bonds. The number of aromatic nitrogens is 6. The van der Waals surface area contributed by atoms with E-state index in [-0.39, 0.29) is 0 Å². The Labute approximate surface area is 552 Å². The number of nitrogens with zero attached hydrogens (tertiary/aromatic N) is 6. The highest BCUT2D eigenvalue weighted by Gasteiger charge is 2.19. The van der Waals surface area contributed by atoms with Gasteiger partial charge in [-0.1, -0.05) is 109 Å².